The number of esters is 1. The van der Waals surface area contributed by atoms with Crippen molar-refractivity contribution in [3.8, 4) is 0 Å². The van der Waals surface area contributed by atoms with E-state index >= 15 is 0 Å². The summed E-state index contributed by atoms with van der Waals surface area (Å²) >= 11 is 0. The molecule has 1 aliphatic heterocycles. The fourth-order valence-corrected chi connectivity index (χ4v) is 2.50. The number of rotatable bonds is 5. The first-order valence-corrected chi connectivity index (χ1v) is 7.82. The first-order valence-electron chi connectivity index (χ1n) is 7.82. The van der Waals surface area contributed by atoms with Crippen molar-refractivity contribution >= 4 is 29.4 Å². The van der Waals surface area contributed by atoms with Crippen LogP contribution in [0.1, 0.15) is 23.7 Å². The maximum Gasteiger partial charge on any atom is 0.338 e. The van der Waals surface area contributed by atoms with E-state index < -0.39 is 11.9 Å². The Hall–Kier alpha value is -3.23. The van der Waals surface area contributed by atoms with Gasteiger partial charge in [-0.2, -0.15) is 10.1 Å². The minimum Gasteiger partial charge on any atom is -0.462 e. The molecule has 2 N–H and O–H groups in total. The molecule has 0 spiro atoms. The molecular formula is C16H17N5O4. The molecule has 9 nitrogen and oxygen atoms in total. The van der Waals surface area contributed by atoms with Crippen LogP contribution in [0.3, 0.4) is 0 Å². The number of benzene rings is 1. The summed E-state index contributed by atoms with van der Waals surface area (Å²) in [6.07, 6.45) is 1.37. The third-order valence-electron chi connectivity index (χ3n) is 3.73. The molecule has 0 unspecified atom stereocenters. The van der Waals surface area contributed by atoms with Gasteiger partial charge in [0.05, 0.1) is 24.6 Å². The number of nitrogens with zero attached hydrogens (tertiary/aromatic N) is 3. The number of hydrogen-bond donors (Lipinski definition) is 2. The van der Waals surface area contributed by atoms with Gasteiger partial charge in [0.25, 0.3) is 0 Å². The zero-order chi connectivity index (χ0) is 17.8. The first-order chi connectivity index (χ1) is 12.1. The fraction of sp³-hybridized carbons (Fsp3) is 0.312. The summed E-state index contributed by atoms with van der Waals surface area (Å²) in [6.45, 7) is 2.33. The molecule has 1 atom stereocenters. The number of anilines is 2. The lowest BCUT2D eigenvalue weighted by atomic mass is 10.0. The topological polar surface area (TPSA) is 115 Å². The smallest absolute Gasteiger partial charge is 0.338 e. The van der Waals surface area contributed by atoms with Gasteiger partial charge in [0.2, 0.25) is 17.8 Å². The van der Waals surface area contributed by atoms with Crippen LogP contribution in [0.4, 0.5) is 11.6 Å². The Bertz CT molecular complexity index is 799. The highest BCUT2D eigenvalue weighted by Crippen LogP contribution is 2.19. The molecule has 2 amide bonds. The summed E-state index contributed by atoms with van der Waals surface area (Å²) in [7, 11) is 0. The minimum atomic E-state index is -0.520. The molecule has 1 aliphatic rings. The Morgan fingerprint density at radius 2 is 2.12 bits per heavy atom. The maximum absolute atomic E-state index is 12.2. The minimum absolute atomic E-state index is 0.0186. The largest absolute Gasteiger partial charge is 0.462 e. The van der Waals surface area contributed by atoms with E-state index in [4.69, 9.17) is 4.74 Å². The van der Waals surface area contributed by atoms with Gasteiger partial charge in [-0.15, -0.1) is 0 Å². The lowest BCUT2D eigenvalue weighted by Gasteiger charge is -2.21. The summed E-state index contributed by atoms with van der Waals surface area (Å²) < 4.78 is 6.45. The molecule has 0 bridgehead atoms. The van der Waals surface area contributed by atoms with Crippen molar-refractivity contribution in [3.05, 3.63) is 36.2 Å². The second kappa shape index (κ2) is 7.12. The number of aromatic nitrogens is 3. The predicted molar refractivity (Wildman–Crippen MR) is 87.8 cm³/mol. The van der Waals surface area contributed by atoms with E-state index in [2.05, 4.69) is 20.7 Å². The number of nitrogens with one attached hydrogen (secondary N) is 2. The molecule has 25 heavy (non-hydrogen) atoms. The molecule has 0 saturated heterocycles. The Morgan fingerprint density at radius 3 is 2.84 bits per heavy atom. The number of ether oxygens (including phenoxy) is 1. The van der Waals surface area contributed by atoms with Gasteiger partial charge >= 0.3 is 5.97 Å². The summed E-state index contributed by atoms with van der Waals surface area (Å²) in [5.41, 5.74) is 0.945. The molecule has 9 heteroatoms. The van der Waals surface area contributed by atoms with Crippen LogP contribution in [0.25, 0.3) is 0 Å². The number of hydrogen-bond acceptors (Lipinski definition) is 6. The van der Waals surface area contributed by atoms with E-state index in [-0.39, 0.29) is 18.2 Å². The van der Waals surface area contributed by atoms with Crippen LogP contribution in [0.15, 0.2) is 30.6 Å². The molecule has 1 aromatic carbocycles. The normalized spacial score (nSPS) is 15.9. The number of carbonyl (C=O) groups is 3. The van der Waals surface area contributed by atoms with Gasteiger partial charge in [0.15, 0.2) is 0 Å². The van der Waals surface area contributed by atoms with E-state index in [0.29, 0.717) is 30.4 Å². The Kier molecular flexibility index (Phi) is 4.73. The van der Waals surface area contributed by atoms with Crippen molar-refractivity contribution in [1.82, 2.24) is 14.8 Å². The van der Waals surface area contributed by atoms with Crippen molar-refractivity contribution in [1.29, 1.82) is 0 Å². The van der Waals surface area contributed by atoms with Gasteiger partial charge in [-0.25, -0.2) is 9.48 Å². The second-order valence-electron chi connectivity index (χ2n) is 5.50. The monoisotopic (exact) mass is 343 g/mol. The molecule has 1 aromatic heterocycles. The van der Waals surface area contributed by atoms with Crippen molar-refractivity contribution in [2.75, 3.05) is 17.2 Å². The lowest BCUT2D eigenvalue weighted by Crippen LogP contribution is -2.36. The van der Waals surface area contributed by atoms with Crippen LogP contribution >= 0.6 is 0 Å². The molecule has 2 aromatic rings. The van der Waals surface area contributed by atoms with Gasteiger partial charge in [0.1, 0.15) is 6.33 Å². The maximum atomic E-state index is 12.2. The quantitative estimate of drug-likeness (QED) is 0.784. The average molecular weight is 343 g/mol. The summed E-state index contributed by atoms with van der Waals surface area (Å²) in [6, 6.07) is 6.37. The molecule has 2 heterocycles. The summed E-state index contributed by atoms with van der Waals surface area (Å²) in [4.78, 5) is 39.7. The van der Waals surface area contributed by atoms with E-state index in [0.717, 1.165) is 0 Å². The molecule has 0 radical (unpaired) electrons. The highest BCUT2D eigenvalue weighted by Gasteiger charge is 2.29. The zero-order valence-electron chi connectivity index (χ0n) is 13.6. The van der Waals surface area contributed by atoms with Crippen molar-refractivity contribution < 1.29 is 19.1 Å². The van der Waals surface area contributed by atoms with E-state index in [9.17, 15) is 14.4 Å². The number of fused-ring (bicyclic) bond motifs is 1. The van der Waals surface area contributed by atoms with Crippen molar-refractivity contribution in [2.45, 2.75) is 19.9 Å². The molecule has 0 saturated carbocycles. The Balaban J connectivity index is 1.58. The number of amides is 2. The lowest BCUT2D eigenvalue weighted by molar-refractivity contribution is -0.125. The third-order valence-corrected chi connectivity index (χ3v) is 3.73. The number of carbonyl (C=O) groups excluding carboxylic acids is 3. The van der Waals surface area contributed by atoms with Crippen molar-refractivity contribution in [3.63, 3.8) is 0 Å². The Morgan fingerprint density at radius 1 is 1.36 bits per heavy atom. The van der Waals surface area contributed by atoms with Crippen molar-refractivity contribution in [2.24, 2.45) is 5.92 Å². The molecule has 130 valence electrons. The summed E-state index contributed by atoms with van der Waals surface area (Å²) in [5, 5.41) is 9.31. The van der Waals surface area contributed by atoms with Gasteiger partial charge in [-0.1, -0.05) is 0 Å². The third kappa shape index (κ3) is 3.82. The van der Waals surface area contributed by atoms with E-state index in [1.807, 2.05) is 0 Å². The van der Waals surface area contributed by atoms with Crippen LogP contribution in [-0.4, -0.2) is 39.2 Å². The first kappa shape index (κ1) is 16.6. The SMILES string of the molecule is CCOC(=O)c1ccc(NC(=O)C[C@@H]2Cn3ncnc3NC2=O)cc1. The Labute approximate surface area is 143 Å². The van der Waals surface area contributed by atoms with Crippen LogP contribution < -0.4 is 10.6 Å². The predicted octanol–water partition coefficient (Wildman–Crippen LogP) is 1.05. The standard InChI is InChI=1S/C16H17N5O4/c1-2-25-15(24)10-3-5-12(6-4-10)19-13(22)7-11-8-21-16(17-9-18-21)20-14(11)23/h3-6,9,11H,2,7-8H2,1H3,(H,19,22)(H,17,18,20,23)/t11-/m1/s1. The van der Waals surface area contributed by atoms with Gasteiger partial charge < -0.3 is 10.1 Å². The molecule has 0 aliphatic carbocycles. The van der Waals surface area contributed by atoms with Crippen LogP contribution in [0.5, 0.6) is 0 Å². The van der Waals surface area contributed by atoms with E-state index in [1.165, 1.54) is 6.33 Å². The second-order valence-corrected chi connectivity index (χ2v) is 5.50. The average Bonchev–Trinajstić information content (AvgIpc) is 3.03. The molecule has 0 fully saturated rings. The van der Waals surface area contributed by atoms with Gasteiger partial charge in [-0.05, 0) is 31.2 Å². The summed E-state index contributed by atoms with van der Waals surface area (Å²) in [5.74, 6) is -1.10. The van der Waals surface area contributed by atoms with Crippen LogP contribution in [0.2, 0.25) is 0 Å². The fourth-order valence-electron chi connectivity index (χ4n) is 2.50. The van der Waals surface area contributed by atoms with Crippen LogP contribution in [0, 0.1) is 5.92 Å². The molecular weight excluding hydrogens is 326 g/mol. The van der Waals surface area contributed by atoms with Gasteiger partial charge in [0, 0.05) is 12.1 Å². The highest BCUT2D eigenvalue weighted by molar-refractivity contribution is 5.98. The van der Waals surface area contributed by atoms with Crippen LogP contribution in [-0.2, 0) is 20.9 Å². The van der Waals surface area contributed by atoms with Gasteiger partial charge in [-0.3, -0.25) is 14.9 Å². The molecule has 3 rings (SSSR count). The zero-order valence-corrected chi connectivity index (χ0v) is 13.6. The highest BCUT2D eigenvalue weighted by atomic mass is 16.5. The van der Waals surface area contributed by atoms with E-state index in [1.54, 1.807) is 35.9 Å².